The Morgan fingerprint density at radius 1 is 1.23 bits per heavy atom. The fourth-order valence-corrected chi connectivity index (χ4v) is 3.07. The Morgan fingerprint density at radius 2 is 2.00 bits per heavy atom. The number of para-hydroxylation sites is 2. The predicted molar refractivity (Wildman–Crippen MR) is 111 cm³/mol. The van der Waals surface area contributed by atoms with Crippen LogP contribution in [0.3, 0.4) is 0 Å². The maximum atomic E-state index is 12.4. The van der Waals surface area contributed by atoms with E-state index < -0.39 is 18.0 Å². The second-order valence-corrected chi connectivity index (χ2v) is 6.88. The molecule has 158 valence electrons. The Bertz CT molecular complexity index is 958. The smallest absolute Gasteiger partial charge is 0.308 e. The van der Waals surface area contributed by atoms with Gasteiger partial charge < -0.3 is 24.4 Å². The summed E-state index contributed by atoms with van der Waals surface area (Å²) >= 11 is 0. The van der Waals surface area contributed by atoms with E-state index in [2.05, 4.69) is 5.32 Å². The number of nitrogens with zero attached hydrogens (tertiary/aromatic N) is 1. The van der Waals surface area contributed by atoms with Crippen molar-refractivity contribution in [2.24, 2.45) is 0 Å². The molecule has 0 bridgehead atoms. The van der Waals surface area contributed by atoms with E-state index in [0.717, 1.165) is 5.56 Å². The molecule has 0 radical (unpaired) electrons. The molecule has 1 N–H and O–H groups in total. The quantitative estimate of drug-likeness (QED) is 0.703. The summed E-state index contributed by atoms with van der Waals surface area (Å²) in [7, 11) is 1.51. The minimum atomic E-state index is -1.00. The number of rotatable bonds is 7. The Labute approximate surface area is 174 Å². The van der Waals surface area contributed by atoms with Crippen LogP contribution in [0.4, 0.5) is 11.4 Å². The van der Waals surface area contributed by atoms with Gasteiger partial charge in [-0.1, -0.05) is 18.2 Å². The van der Waals surface area contributed by atoms with Crippen LogP contribution in [-0.4, -0.2) is 44.1 Å². The summed E-state index contributed by atoms with van der Waals surface area (Å²) < 4.78 is 15.9. The summed E-state index contributed by atoms with van der Waals surface area (Å²) in [5.74, 6) is -0.188. The van der Waals surface area contributed by atoms with Crippen molar-refractivity contribution >= 4 is 29.2 Å². The summed E-state index contributed by atoms with van der Waals surface area (Å²) in [5, 5.41) is 2.71. The van der Waals surface area contributed by atoms with E-state index in [1.165, 1.54) is 18.9 Å². The number of carbonyl (C=O) groups excluding carboxylic acids is 3. The molecule has 1 aliphatic rings. The van der Waals surface area contributed by atoms with Crippen LogP contribution in [0.15, 0.2) is 42.5 Å². The van der Waals surface area contributed by atoms with Gasteiger partial charge in [-0.25, -0.2) is 0 Å². The number of methoxy groups -OCH3 is 1. The molecule has 8 heteroatoms. The lowest BCUT2D eigenvalue weighted by Gasteiger charge is -2.29. The highest BCUT2D eigenvalue weighted by Gasteiger charge is 2.26. The summed E-state index contributed by atoms with van der Waals surface area (Å²) in [4.78, 5) is 38.3. The summed E-state index contributed by atoms with van der Waals surface area (Å²) in [5.41, 5.74) is 2.06. The molecule has 1 aliphatic heterocycles. The molecular weight excluding hydrogens is 388 g/mol. The lowest BCUT2D eigenvalue weighted by Crippen LogP contribution is -2.40. The number of ether oxygens (including phenoxy) is 3. The van der Waals surface area contributed by atoms with Crippen molar-refractivity contribution in [3.05, 3.63) is 48.0 Å². The second kappa shape index (κ2) is 9.30. The minimum Gasteiger partial charge on any atom is -0.495 e. The van der Waals surface area contributed by atoms with Crippen molar-refractivity contribution in [2.75, 3.05) is 30.5 Å². The first-order chi connectivity index (χ1) is 14.4. The molecular formula is C22H24N2O6. The third kappa shape index (κ3) is 4.89. The van der Waals surface area contributed by atoms with E-state index in [0.29, 0.717) is 22.9 Å². The SMILES string of the molecule is COc1ccc(C)cc1NC(=O)C(C)OC(=O)CCN1C(=O)COc2ccccc21. The average Bonchev–Trinajstić information content (AvgIpc) is 2.73. The zero-order chi connectivity index (χ0) is 21.7. The van der Waals surface area contributed by atoms with Crippen LogP contribution in [-0.2, 0) is 19.1 Å². The molecule has 30 heavy (non-hydrogen) atoms. The highest BCUT2D eigenvalue weighted by atomic mass is 16.5. The highest BCUT2D eigenvalue weighted by molar-refractivity contribution is 5.98. The van der Waals surface area contributed by atoms with Crippen LogP contribution >= 0.6 is 0 Å². The monoisotopic (exact) mass is 412 g/mol. The zero-order valence-electron chi connectivity index (χ0n) is 17.1. The van der Waals surface area contributed by atoms with E-state index in [-0.39, 0.29) is 25.5 Å². The molecule has 1 heterocycles. The van der Waals surface area contributed by atoms with Gasteiger partial charge >= 0.3 is 5.97 Å². The first-order valence-electron chi connectivity index (χ1n) is 9.56. The van der Waals surface area contributed by atoms with Crippen molar-refractivity contribution in [3.63, 3.8) is 0 Å². The van der Waals surface area contributed by atoms with Crippen LogP contribution in [0.5, 0.6) is 11.5 Å². The lowest BCUT2D eigenvalue weighted by molar-refractivity contribution is -0.153. The molecule has 0 spiro atoms. The first kappa shape index (κ1) is 21.2. The fraction of sp³-hybridized carbons (Fsp3) is 0.318. The molecule has 2 aromatic carbocycles. The van der Waals surface area contributed by atoms with E-state index in [4.69, 9.17) is 14.2 Å². The van der Waals surface area contributed by atoms with Gasteiger partial charge in [-0.2, -0.15) is 0 Å². The van der Waals surface area contributed by atoms with Gasteiger partial charge in [0, 0.05) is 6.54 Å². The second-order valence-electron chi connectivity index (χ2n) is 6.88. The Balaban J connectivity index is 1.55. The molecule has 0 aliphatic carbocycles. The molecule has 2 aromatic rings. The van der Waals surface area contributed by atoms with Crippen LogP contribution in [0.1, 0.15) is 18.9 Å². The number of nitrogens with one attached hydrogen (secondary N) is 1. The van der Waals surface area contributed by atoms with Crippen LogP contribution in [0, 0.1) is 6.92 Å². The van der Waals surface area contributed by atoms with Crippen LogP contribution < -0.4 is 19.7 Å². The van der Waals surface area contributed by atoms with Gasteiger partial charge in [0.1, 0.15) is 11.5 Å². The molecule has 8 nitrogen and oxygen atoms in total. The van der Waals surface area contributed by atoms with Gasteiger partial charge in [0.25, 0.3) is 11.8 Å². The summed E-state index contributed by atoms with van der Waals surface area (Å²) in [6.45, 7) is 3.44. The number of fused-ring (bicyclic) bond motifs is 1. The van der Waals surface area contributed by atoms with Crippen LogP contribution in [0.25, 0.3) is 0 Å². The number of aryl methyl sites for hydroxylation is 1. The van der Waals surface area contributed by atoms with Crippen molar-refractivity contribution in [1.82, 2.24) is 0 Å². The number of anilines is 2. The zero-order valence-corrected chi connectivity index (χ0v) is 17.1. The van der Waals surface area contributed by atoms with Crippen molar-refractivity contribution in [2.45, 2.75) is 26.4 Å². The van der Waals surface area contributed by atoms with E-state index >= 15 is 0 Å². The number of hydrogen-bond acceptors (Lipinski definition) is 6. The summed E-state index contributed by atoms with van der Waals surface area (Å²) in [6, 6.07) is 12.5. The normalized spacial score (nSPS) is 13.7. The average molecular weight is 412 g/mol. The number of carbonyl (C=O) groups is 3. The van der Waals surface area contributed by atoms with Gasteiger partial charge in [-0.05, 0) is 43.7 Å². The molecule has 1 atom stereocenters. The fourth-order valence-electron chi connectivity index (χ4n) is 3.07. The van der Waals surface area contributed by atoms with Gasteiger partial charge in [0.15, 0.2) is 12.7 Å². The molecule has 1 unspecified atom stereocenters. The number of amides is 2. The number of esters is 1. The van der Waals surface area contributed by atoms with Crippen molar-refractivity contribution < 1.29 is 28.6 Å². The standard InChI is InChI=1S/C22H24N2O6/c1-14-8-9-18(28-3)16(12-14)23-22(27)15(2)30-21(26)10-11-24-17-6-4-5-7-19(17)29-13-20(24)25/h4-9,12,15H,10-11,13H2,1-3H3,(H,23,27). The Hall–Kier alpha value is -3.55. The topological polar surface area (TPSA) is 94.2 Å². The van der Waals surface area contributed by atoms with E-state index in [1.54, 1.807) is 30.3 Å². The van der Waals surface area contributed by atoms with Gasteiger partial charge in [0.2, 0.25) is 0 Å². The van der Waals surface area contributed by atoms with Crippen molar-refractivity contribution in [3.8, 4) is 11.5 Å². The van der Waals surface area contributed by atoms with Gasteiger partial charge in [0.05, 0.1) is 24.9 Å². The molecule has 3 rings (SSSR count). The Kier molecular flexibility index (Phi) is 6.56. The maximum absolute atomic E-state index is 12.4. The third-order valence-corrected chi connectivity index (χ3v) is 4.64. The molecule has 0 fully saturated rings. The van der Waals surface area contributed by atoms with Crippen LogP contribution in [0.2, 0.25) is 0 Å². The minimum absolute atomic E-state index is 0.0501. The number of benzene rings is 2. The Morgan fingerprint density at radius 3 is 2.77 bits per heavy atom. The van der Waals surface area contributed by atoms with Gasteiger partial charge in [-0.15, -0.1) is 0 Å². The third-order valence-electron chi connectivity index (χ3n) is 4.64. The summed E-state index contributed by atoms with van der Waals surface area (Å²) in [6.07, 6.45) is -1.05. The largest absolute Gasteiger partial charge is 0.495 e. The number of hydrogen-bond donors (Lipinski definition) is 1. The van der Waals surface area contributed by atoms with E-state index in [9.17, 15) is 14.4 Å². The molecule has 0 aromatic heterocycles. The molecule has 2 amide bonds. The highest BCUT2D eigenvalue weighted by Crippen LogP contribution is 2.31. The molecule has 0 saturated carbocycles. The first-order valence-corrected chi connectivity index (χ1v) is 9.56. The lowest BCUT2D eigenvalue weighted by atomic mass is 10.2. The van der Waals surface area contributed by atoms with Gasteiger partial charge in [-0.3, -0.25) is 14.4 Å². The van der Waals surface area contributed by atoms with Crippen molar-refractivity contribution in [1.29, 1.82) is 0 Å². The predicted octanol–water partition coefficient (Wildman–Crippen LogP) is 2.69. The van der Waals surface area contributed by atoms with E-state index in [1.807, 2.05) is 19.1 Å². The maximum Gasteiger partial charge on any atom is 0.308 e. The molecule has 0 saturated heterocycles.